The Hall–Kier alpha value is -1.15. The fourth-order valence-electron chi connectivity index (χ4n) is 2.35. The number of benzene rings is 1. The minimum Gasteiger partial charge on any atom is -0.391 e. The van der Waals surface area contributed by atoms with Crippen LogP contribution in [0.3, 0.4) is 0 Å². The number of halogens is 1. The van der Waals surface area contributed by atoms with Gasteiger partial charge in [0.2, 0.25) is 5.91 Å². The minimum atomic E-state index is -3.44. The smallest absolute Gasteiger partial charge is 0.221 e. The summed E-state index contributed by atoms with van der Waals surface area (Å²) in [6, 6.07) is 6.59. The van der Waals surface area contributed by atoms with Gasteiger partial charge < -0.3 is 15.7 Å². The van der Waals surface area contributed by atoms with Crippen molar-refractivity contribution in [3.8, 4) is 0 Å². The molecule has 130 valence electrons. The van der Waals surface area contributed by atoms with E-state index in [0.29, 0.717) is 19.6 Å². The second-order valence-corrected chi connectivity index (χ2v) is 7.78. The summed E-state index contributed by atoms with van der Waals surface area (Å²) in [5.74, 6) is -0.541. The van der Waals surface area contributed by atoms with Crippen LogP contribution in [0.4, 0.5) is 0 Å². The lowest BCUT2D eigenvalue weighted by molar-refractivity contribution is -0.120. The first-order valence-electron chi connectivity index (χ1n) is 7.33. The van der Waals surface area contributed by atoms with E-state index in [1.165, 1.54) is 0 Å². The molecule has 0 aromatic heterocycles. The summed E-state index contributed by atoms with van der Waals surface area (Å²) in [5, 5.41) is 15.3. The first-order chi connectivity index (χ1) is 10.4. The van der Waals surface area contributed by atoms with E-state index in [9.17, 15) is 18.3 Å². The zero-order valence-corrected chi connectivity index (χ0v) is 14.6. The number of β-amino-alcohol motifs (C(OH)–C–C–N with tert-alkyl or cyclic N) is 1. The van der Waals surface area contributed by atoms with Crippen molar-refractivity contribution in [1.29, 1.82) is 0 Å². The lowest BCUT2D eigenvalue weighted by atomic mass is 10.1. The zero-order chi connectivity index (χ0) is 16.2. The van der Waals surface area contributed by atoms with Gasteiger partial charge in [-0.15, -0.1) is 12.4 Å². The summed E-state index contributed by atoms with van der Waals surface area (Å²) in [6.07, 6.45) is -0.538. The maximum absolute atomic E-state index is 12.1. The van der Waals surface area contributed by atoms with Crippen molar-refractivity contribution < 1.29 is 18.3 Å². The number of aryl methyl sites for hydroxylation is 1. The number of aliphatic hydroxyl groups excluding tert-OH is 1. The van der Waals surface area contributed by atoms with Crippen LogP contribution in [-0.2, 0) is 14.6 Å². The molecular formula is C15H23ClN2O4S. The second-order valence-electron chi connectivity index (χ2n) is 5.67. The van der Waals surface area contributed by atoms with E-state index in [2.05, 4.69) is 10.6 Å². The largest absolute Gasteiger partial charge is 0.391 e. The van der Waals surface area contributed by atoms with Gasteiger partial charge >= 0.3 is 0 Å². The number of carbonyl (C=O) groups is 1. The van der Waals surface area contributed by atoms with Crippen LogP contribution in [0.15, 0.2) is 29.2 Å². The van der Waals surface area contributed by atoms with Crippen LogP contribution in [0, 0.1) is 12.8 Å². The third-order valence-corrected chi connectivity index (χ3v) is 5.58. The summed E-state index contributed by atoms with van der Waals surface area (Å²) >= 11 is 0. The van der Waals surface area contributed by atoms with Crippen molar-refractivity contribution in [3.63, 3.8) is 0 Å². The fraction of sp³-hybridized carbons (Fsp3) is 0.533. The minimum absolute atomic E-state index is 0. The summed E-state index contributed by atoms with van der Waals surface area (Å²) < 4.78 is 24.3. The lowest BCUT2D eigenvalue weighted by Crippen LogP contribution is -2.35. The predicted molar refractivity (Wildman–Crippen MR) is 90.5 cm³/mol. The van der Waals surface area contributed by atoms with E-state index in [-0.39, 0.29) is 41.3 Å². The van der Waals surface area contributed by atoms with Gasteiger partial charge in [-0.05, 0) is 19.1 Å². The van der Waals surface area contributed by atoms with E-state index < -0.39 is 15.9 Å². The van der Waals surface area contributed by atoms with E-state index in [1.54, 1.807) is 24.3 Å². The first-order valence-corrected chi connectivity index (χ1v) is 8.98. The van der Waals surface area contributed by atoms with Gasteiger partial charge in [0.15, 0.2) is 9.84 Å². The lowest BCUT2D eigenvalue weighted by Gasteiger charge is -2.14. The molecule has 6 nitrogen and oxygen atoms in total. The Kier molecular flexibility index (Phi) is 7.47. The second kappa shape index (κ2) is 8.63. The predicted octanol–water partition coefficient (Wildman–Crippen LogP) is 0.277. The number of amides is 1. The molecular weight excluding hydrogens is 340 g/mol. The highest BCUT2D eigenvalue weighted by Gasteiger charge is 2.25. The van der Waals surface area contributed by atoms with E-state index in [1.807, 2.05) is 6.92 Å². The normalized spacial score (nSPS) is 20.8. The summed E-state index contributed by atoms with van der Waals surface area (Å²) in [6.45, 7) is 3.43. The third-order valence-electron chi connectivity index (χ3n) is 3.84. The molecule has 1 saturated heterocycles. The monoisotopic (exact) mass is 362 g/mol. The third kappa shape index (κ3) is 5.76. The zero-order valence-electron chi connectivity index (χ0n) is 13.0. The number of hydrogen-bond acceptors (Lipinski definition) is 5. The van der Waals surface area contributed by atoms with Gasteiger partial charge in [0.1, 0.15) is 0 Å². The standard InChI is InChI=1S/C15H22N2O4S.ClH/c1-11-2-4-13(5-3-11)22(20,21)7-6-15(19)17-9-12-8-16-10-14(12)18;/h2-5,12,14,16,18H,6-10H2,1H3,(H,17,19);1H. The van der Waals surface area contributed by atoms with Crippen molar-refractivity contribution in [2.45, 2.75) is 24.3 Å². The van der Waals surface area contributed by atoms with Crippen LogP contribution < -0.4 is 10.6 Å². The molecule has 1 aliphatic heterocycles. The topological polar surface area (TPSA) is 95.5 Å². The molecule has 0 aliphatic carbocycles. The van der Waals surface area contributed by atoms with Gasteiger partial charge in [-0.25, -0.2) is 8.42 Å². The van der Waals surface area contributed by atoms with Gasteiger partial charge in [0.05, 0.1) is 16.8 Å². The van der Waals surface area contributed by atoms with E-state index >= 15 is 0 Å². The Bertz CT molecular complexity index is 619. The molecule has 2 atom stereocenters. The van der Waals surface area contributed by atoms with Crippen molar-refractivity contribution in [1.82, 2.24) is 10.6 Å². The molecule has 2 rings (SSSR count). The highest BCUT2D eigenvalue weighted by atomic mass is 35.5. The number of aliphatic hydroxyl groups is 1. The van der Waals surface area contributed by atoms with E-state index in [0.717, 1.165) is 5.56 Å². The van der Waals surface area contributed by atoms with Crippen LogP contribution in [0.1, 0.15) is 12.0 Å². The fourth-order valence-corrected chi connectivity index (χ4v) is 3.59. The first kappa shape index (κ1) is 19.9. The Morgan fingerprint density at radius 3 is 2.52 bits per heavy atom. The number of hydrogen-bond donors (Lipinski definition) is 3. The van der Waals surface area contributed by atoms with Gasteiger partial charge in [0, 0.05) is 32.0 Å². The van der Waals surface area contributed by atoms with Crippen LogP contribution in [-0.4, -0.2) is 50.9 Å². The molecule has 1 aliphatic rings. The molecule has 3 N–H and O–H groups in total. The summed E-state index contributed by atoms with van der Waals surface area (Å²) in [4.78, 5) is 12.0. The van der Waals surface area contributed by atoms with Crippen LogP contribution in [0.25, 0.3) is 0 Å². The quantitative estimate of drug-likeness (QED) is 0.675. The van der Waals surface area contributed by atoms with Crippen LogP contribution in [0.5, 0.6) is 0 Å². The van der Waals surface area contributed by atoms with Crippen LogP contribution in [0.2, 0.25) is 0 Å². The molecule has 0 saturated carbocycles. The maximum atomic E-state index is 12.1. The molecule has 2 unspecified atom stereocenters. The molecule has 1 heterocycles. The summed E-state index contributed by atoms with van der Waals surface area (Å²) in [5.41, 5.74) is 0.987. The Morgan fingerprint density at radius 1 is 1.30 bits per heavy atom. The molecule has 1 fully saturated rings. The highest BCUT2D eigenvalue weighted by molar-refractivity contribution is 7.91. The van der Waals surface area contributed by atoms with Crippen molar-refractivity contribution in [3.05, 3.63) is 29.8 Å². The maximum Gasteiger partial charge on any atom is 0.221 e. The van der Waals surface area contributed by atoms with Gasteiger partial charge in [-0.3, -0.25) is 4.79 Å². The Balaban J connectivity index is 0.00000264. The Labute approximate surface area is 143 Å². The van der Waals surface area contributed by atoms with Gasteiger partial charge in [-0.2, -0.15) is 0 Å². The molecule has 1 aromatic rings. The number of rotatable bonds is 6. The van der Waals surface area contributed by atoms with Gasteiger partial charge in [0.25, 0.3) is 0 Å². The Morgan fingerprint density at radius 2 is 1.96 bits per heavy atom. The molecule has 0 bridgehead atoms. The SMILES string of the molecule is Cc1ccc(S(=O)(=O)CCC(=O)NCC2CNCC2O)cc1.Cl. The average Bonchev–Trinajstić information content (AvgIpc) is 2.89. The molecule has 1 amide bonds. The number of sulfone groups is 1. The molecule has 0 spiro atoms. The molecule has 0 radical (unpaired) electrons. The molecule has 8 heteroatoms. The molecule has 1 aromatic carbocycles. The molecule has 23 heavy (non-hydrogen) atoms. The number of carbonyl (C=O) groups excluding carboxylic acids is 1. The van der Waals surface area contributed by atoms with Crippen molar-refractivity contribution >= 4 is 28.2 Å². The summed E-state index contributed by atoms with van der Waals surface area (Å²) in [7, 11) is -3.44. The van der Waals surface area contributed by atoms with E-state index in [4.69, 9.17) is 0 Å². The highest BCUT2D eigenvalue weighted by Crippen LogP contribution is 2.13. The van der Waals surface area contributed by atoms with Crippen molar-refractivity contribution in [2.24, 2.45) is 5.92 Å². The van der Waals surface area contributed by atoms with Crippen LogP contribution >= 0.6 is 12.4 Å². The van der Waals surface area contributed by atoms with Gasteiger partial charge in [-0.1, -0.05) is 17.7 Å². The number of nitrogens with one attached hydrogen (secondary N) is 2. The average molecular weight is 363 g/mol. The van der Waals surface area contributed by atoms with Crippen molar-refractivity contribution in [2.75, 3.05) is 25.4 Å².